The van der Waals surface area contributed by atoms with Crippen molar-refractivity contribution in [1.82, 2.24) is 10.6 Å². The lowest BCUT2D eigenvalue weighted by Crippen LogP contribution is -2.55. The lowest BCUT2D eigenvalue weighted by molar-refractivity contribution is -0.137. The highest BCUT2D eigenvalue weighted by Crippen LogP contribution is 2.05. The molecule has 0 aromatic rings. The fraction of sp³-hybridized carbons (Fsp3) is 0.700. The van der Waals surface area contributed by atoms with E-state index in [1.54, 1.807) is 11.8 Å². The molecule has 0 saturated carbocycles. The van der Waals surface area contributed by atoms with E-state index in [-0.39, 0.29) is 18.2 Å². The number of nitrogens with one attached hydrogen (secondary N) is 2. The van der Waals surface area contributed by atoms with Gasteiger partial charge in [0.15, 0.2) is 0 Å². The van der Waals surface area contributed by atoms with Crippen LogP contribution in [0.25, 0.3) is 0 Å². The number of hydrogen-bond acceptors (Lipinski definition) is 5. The highest BCUT2D eigenvalue weighted by molar-refractivity contribution is 7.98. The van der Waals surface area contributed by atoms with Gasteiger partial charge in [-0.25, -0.2) is 0 Å². The molecule has 1 aliphatic rings. The summed E-state index contributed by atoms with van der Waals surface area (Å²) in [5, 5.41) is 4.74. The SMILES string of the molecule is CSCC[C@@H](N)C(=O)NC1CCC(=O)NC1=O. The summed E-state index contributed by atoms with van der Waals surface area (Å²) >= 11 is 1.61. The van der Waals surface area contributed by atoms with Crippen LogP contribution in [0, 0.1) is 0 Å². The molecule has 0 aliphatic carbocycles. The van der Waals surface area contributed by atoms with Crippen LogP contribution in [0.15, 0.2) is 0 Å². The highest BCUT2D eigenvalue weighted by Gasteiger charge is 2.28. The summed E-state index contributed by atoms with van der Waals surface area (Å²) in [6, 6.07) is -1.24. The van der Waals surface area contributed by atoms with E-state index in [0.717, 1.165) is 5.75 Å². The van der Waals surface area contributed by atoms with Gasteiger partial charge in [0, 0.05) is 6.42 Å². The van der Waals surface area contributed by atoms with Gasteiger partial charge in [-0.3, -0.25) is 19.7 Å². The van der Waals surface area contributed by atoms with Gasteiger partial charge in [0.1, 0.15) is 6.04 Å². The zero-order valence-corrected chi connectivity index (χ0v) is 10.5. The topological polar surface area (TPSA) is 101 Å². The molecular formula is C10H17N3O3S. The first-order valence-corrected chi connectivity index (χ1v) is 6.82. The van der Waals surface area contributed by atoms with E-state index in [4.69, 9.17) is 5.73 Å². The second-order valence-electron chi connectivity index (χ2n) is 3.90. The van der Waals surface area contributed by atoms with E-state index in [9.17, 15) is 14.4 Å². The first-order chi connectivity index (χ1) is 8.04. The van der Waals surface area contributed by atoms with Crippen molar-refractivity contribution in [2.24, 2.45) is 5.73 Å². The Morgan fingerprint density at radius 1 is 1.65 bits per heavy atom. The summed E-state index contributed by atoms with van der Waals surface area (Å²) in [6.45, 7) is 0. The van der Waals surface area contributed by atoms with Gasteiger partial charge in [0.2, 0.25) is 17.7 Å². The third-order valence-corrected chi connectivity index (χ3v) is 3.17. The zero-order chi connectivity index (χ0) is 12.8. The minimum absolute atomic E-state index is 0.247. The van der Waals surface area contributed by atoms with Crippen molar-refractivity contribution >= 4 is 29.5 Å². The zero-order valence-electron chi connectivity index (χ0n) is 9.69. The van der Waals surface area contributed by atoms with Crippen molar-refractivity contribution in [3.63, 3.8) is 0 Å². The van der Waals surface area contributed by atoms with Gasteiger partial charge in [0.05, 0.1) is 6.04 Å². The van der Waals surface area contributed by atoms with Crippen LogP contribution in [0.2, 0.25) is 0 Å². The molecule has 0 bridgehead atoms. The van der Waals surface area contributed by atoms with E-state index in [2.05, 4.69) is 10.6 Å². The number of imide groups is 1. The number of rotatable bonds is 5. The standard InChI is InChI=1S/C10H17N3O3S/c1-17-5-4-6(11)9(15)12-7-2-3-8(14)13-10(7)16/h6-7H,2-5,11H2,1H3,(H,12,15)(H,13,14,16)/t6-,7?/m1/s1. The average molecular weight is 259 g/mol. The number of nitrogens with two attached hydrogens (primary N) is 1. The first-order valence-electron chi connectivity index (χ1n) is 5.43. The number of carbonyl (C=O) groups is 3. The van der Waals surface area contributed by atoms with Crippen LogP contribution >= 0.6 is 11.8 Å². The van der Waals surface area contributed by atoms with Crippen LogP contribution in [0.3, 0.4) is 0 Å². The molecule has 3 amide bonds. The molecule has 0 aromatic carbocycles. The second kappa shape index (κ2) is 6.61. The molecule has 17 heavy (non-hydrogen) atoms. The molecule has 1 aliphatic heterocycles. The van der Waals surface area contributed by atoms with Crippen molar-refractivity contribution in [2.75, 3.05) is 12.0 Å². The van der Waals surface area contributed by atoms with Gasteiger partial charge < -0.3 is 11.1 Å². The van der Waals surface area contributed by atoms with Gasteiger partial charge in [-0.2, -0.15) is 11.8 Å². The summed E-state index contributed by atoms with van der Waals surface area (Å²) in [6.07, 6.45) is 3.09. The lowest BCUT2D eigenvalue weighted by atomic mass is 10.1. The molecule has 2 atom stereocenters. The Morgan fingerprint density at radius 3 is 2.94 bits per heavy atom. The third-order valence-electron chi connectivity index (χ3n) is 2.53. The van der Waals surface area contributed by atoms with Gasteiger partial charge in [-0.05, 0) is 24.9 Å². The summed E-state index contributed by atoms with van der Waals surface area (Å²) in [5.41, 5.74) is 5.67. The number of hydrogen-bond donors (Lipinski definition) is 3. The van der Waals surface area contributed by atoms with Gasteiger partial charge >= 0.3 is 0 Å². The minimum atomic E-state index is -0.638. The molecular weight excluding hydrogens is 242 g/mol. The maximum atomic E-state index is 11.6. The Hall–Kier alpha value is -1.08. The normalized spacial score (nSPS) is 21.9. The number of thioether (sulfide) groups is 1. The van der Waals surface area contributed by atoms with E-state index >= 15 is 0 Å². The average Bonchev–Trinajstić information content (AvgIpc) is 2.29. The fourth-order valence-corrected chi connectivity index (χ4v) is 1.98. The maximum absolute atomic E-state index is 11.6. The van der Waals surface area contributed by atoms with Crippen molar-refractivity contribution in [2.45, 2.75) is 31.3 Å². The molecule has 0 radical (unpaired) electrons. The third kappa shape index (κ3) is 4.35. The molecule has 1 rings (SSSR count). The predicted octanol–water partition coefficient (Wildman–Crippen LogP) is -1.01. The summed E-state index contributed by atoms with van der Waals surface area (Å²) < 4.78 is 0. The van der Waals surface area contributed by atoms with Crippen LogP contribution in [-0.2, 0) is 14.4 Å². The Morgan fingerprint density at radius 2 is 2.35 bits per heavy atom. The molecule has 1 heterocycles. The molecule has 96 valence electrons. The highest BCUT2D eigenvalue weighted by atomic mass is 32.2. The molecule has 7 heteroatoms. The first kappa shape index (κ1) is 14.0. The predicted molar refractivity (Wildman–Crippen MR) is 65.3 cm³/mol. The number of piperidine rings is 1. The molecule has 4 N–H and O–H groups in total. The lowest BCUT2D eigenvalue weighted by Gasteiger charge is -2.23. The van der Waals surface area contributed by atoms with E-state index in [1.165, 1.54) is 0 Å². The molecule has 0 spiro atoms. The Bertz CT molecular complexity index is 322. The van der Waals surface area contributed by atoms with Crippen LogP contribution in [-0.4, -0.2) is 41.8 Å². The van der Waals surface area contributed by atoms with E-state index < -0.39 is 18.0 Å². The van der Waals surface area contributed by atoms with Crippen LogP contribution in [0.4, 0.5) is 0 Å². The van der Waals surface area contributed by atoms with Crippen molar-refractivity contribution in [1.29, 1.82) is 0 Å². The molecule has 1 unspecified atom stereocenters. The fourth-order valence-electron chi connectivity index (χ4n) is 1.49. The van der Waals surface area contributed by atoms with Crippen LogP contribution in [0.1, 0.15) is 19.3 Å². The monoisotopic (exact) mass is 259 g/mol. The summed E-state index contributed by atoms with van der Waals surface area (Å²) in [4.78, 5) is 33.9. The van der Waals surface area contributed by atoms with Gasteiger partial charge in [0.25, 0.3) is 0 Å². The van der Waals surface area contributed by atoms with E-state index in [0.29, 0.717) is 12.8 Å². The smallest absolute Gasteiger partial charge is 0.249 e. The van der Waals surface area contributed by atoms with Crippen molar-refractivity contribution in [3.05, 3.63) is 0 Å². The van der Waals surface area contributed by atoms with Crippen molar-refractivity contribution < 1.29 is 14.4 Å². The van der Waals surface area contributed by atoms with Crippen molar-refractivity contribution in [3.8, 4) is 0 Å². The number of amides is 3. The summed E-state index contributed by atoms with van der Waals surface area (Å²) in [5.74, 6) is -0.295. The molecule has 6 nitrogen and oxygen atoms in total. The van der Waals surface area contributed by atoms with E-state index in [1.807, 2.05) is 6.26 Å². The Labute approximate surface area is 104 Å². The number of carbonyl (C=O) groups excluding carboxylic acids is 3. The summed E-state index contributed by atoms with van der Waals surface area (Å²) in [7, 11) is 0. The minimum Gasteiger partial charge on any atom is -0.343 e. The quantitative estimate of drug-likeness (QED) is 0.549. The van der Waals surface area contributed by atoms with Gasteiger partial charge in [-0.15, -0.1) is 0 Å². The molecule has 1 fully saturated rings. The van der Waals surface area contributed by atoms with Crippen LogP contribution in [0.5, 0.6) is 0 Å². The van der Waals surface area contributed by atoms with Crippen LogP contribution < -0.4 is 16.4 Å². The Balaban J connectivity index is 2.40. The molecule has 1 saturated heterocycles. The largest absolute Gasteiger partial charge is 0.343 e. The molecule has 0 aromatic heterocycles. The van der Waals surface area contributed by atoms with Gasteiger partial charge in [-0.1, -0.05) is 0 Å². The second-order valence-corrected chi connectivity index (χ2v) is 4.89. The Kier molecular flexibility index (Phi) is 5.43. The maximum Gasteiger partial charge on any atom is 0.249 e.